The summed E-state index contributed by atoms with van der Waals surface area (Å²) in [6.07, 6.45) is -0.164. The van der Waals surface area contributed by atoms with Crippen LogP contribution < -0.4 is 132 Å². The summed E-state index contributed by atoms with van der Waals surface area (Å²) in [7, 11) is -8.22. The van der Waals surface area contributed by atoms with Gasteiger partial charge in [0.1, 0.15) is 11.0 Å². The van der Waals surface area contributed by atoms with Crippen LogP contribution in [0.15, 0.2) is 119 Å². The maximum Gasteiger partial charge on any atom is 1.00 e. The van der Waals surface area contributed by atoms with Gasteiger partial charge in [0, 0.05) is 36.6 Å². The second-order valence-corrected chi connectivity index (χ2v) is 27.2. The molecule has 4 aliphatic rings. The number of ether oxygens (including phenoxy) is 2. The molecule has 2 N–H and O–H groups in total. The fourth-order valence-electron chi connectivity index (χ4n) is 10.5. The zero-order chi connectivity index (χ0) is 63.8. The Labute approximate surface area is 616 Å². The van der Waals surface area contributed by atoms with Gasteiger partial charge in [0.05, 0.1) is 45.0 Å². The van der Waals surface area contributed by atoms with Crippen molar-refractivity contribution in [1.82, 2.24) is 39.0 Å². The summed E-state index contributed by atoms with van der Waals surface area (Å²) in [4.78, 5) is 47.7. The maximum atomic E-state index is 13.4. The molecular formula is C58H69Cl2F6K2N9O11S2. The molecule has 0 spiro atoms. The summed E-state index contributed by atoms with van der Waals surface area (Å²) >= 11 is 6.09. The number of benzene rings is 2. The topological polar surface area (TPSA) is 259 Å². The predicted octanol–water partition coefficient (Wildman–Crippen LogP) is 5.08. The second kappa shape index (κ2) is 32.6. The molecule has 0 radical (unpaired) electrons. The van der Waals surface area contributed by atoms with E-state index in [2.05, 4.69) is 52.5 Å². The number of carbonyl (C=O) groups is 3. The molecule has 6 aromatic rings. The van der Waals surface area contributed by atoms with Gasteiger partial charge in [-0.05, 0) is 137 Å². The molecule has 5 heterocycles. The largest absolute Gasteiger partial charge is 1.00 e. The average Bonchev–Trinajstić information content (AvgIpc) is 1.78. The molecule has 4 aromatic heterocycles. The molecule has 1 saturated heterocycles. The van der Waals surface area contributed by atoms with Crippen LogP contribution in [0.2, 0.25) is 5.15 Å². The number of nitrogens with one attached hydrogen (secondary N) is 2. The van der Waals surface area contributed by atoms with Crippen molar-refractivity contribution >= 4 is 68.2 Å². The second-order valence-electron chi connectivity index (χ2n) is 23.4. The van der Waals surface area contributed by atoms with Crippen molar-refractivity contribution in [3.05, 3.63) is 126 Å². The van der Waals surface area contributed by atoms with E-state index in [0.717, 1.165) is 12.3 Å². The summed E-state index contributed by atoms with van der Waals surface area (Å²) in [6.45, 7) is 13.4. The summed E-state index contributed by atoms with van der Waals surface area (Å²) < 4.78 is 147. The van der Waals surface area contributed by atoms with E-state index in [4.69, 9.17) is 36.1 Å². The van der Waals surface area contributed by atoms with E-state index < -0.39 is 55.0 Å². The Hall–Kier alpha value is -3.74. The molecule has 2 amide bonds. The summed E-state index contributed by atoms with van der Waals surface area (Å²) in [5.41, 5.74) is -3.10. The predicted molar refractivity (Wildman–Crippen MR) is 313 cm³/mol. The van der Waals surface area contributed by atoms with Gasteiger partial charge in [-0.1, -0.05) is 82.1 Å². The van der Waals surface area contributed by atoms with Gasteiger partial charge in [-0.15, -0.1) is 22.6 Å². The first kappa shape index (κ1) is 78.7. The van der Waals surface area contributed by atoms with E-state index in [-0.39, 0.29) is 224 Å². The summed E-state index contributed by atoms with van der Waals surface area (Å²) in [6, 6.07) is 23.6. The normalized spacial score (nSPS) is 18.0. The number of pyridine rings is 2. The summed E-state index contributed by atoms with van der Waals surface area (Å²) in [5, 5.41) is 16.6. The van der Waals surface area contributed by atoms with Crippen LogP contribution in [0, 0.1) is 28.1 Å². The molecule has 3 saturated carbocycles. The van der Waals surface area contributed by atoms with Gasteiger partial charge in [0.2, 0.25) is 11.8 Å². The van der Waals surface area contributed by atoms with Crippen LogP contribution in [0.5, 0.6) is 11.8 Å². The van der Waals surface area contributed by atoms with Crippen molar-refractivity contribution < 1.29 is 181 Å². The van der Waals surface area contributed by atoms with Crippen LogP contribution in [0.1, 0.15) is 128 Å². The molecule has 4 fully saturated rings. The van der Waals surface area contributed by atoms with Crippen LogP contribution in [0.4, 0.5) is 32.2 Å². The molecule has 0 unspecified atom stereocenters. The molecule has 1 aliphatic heterocycles. The molecule has 3 aliphatic carbocycles. The number of aromatic nitrogens is 6. The molecule has 2 atom stereocenters. The molecule has 2 aromatic carbocycles. The van der Waals surface area contributed by atoms with Crippen LogP contribution in [0.25, 0.3) is 11.6 Å². The van der Waals surface area contributed by atoms with Crippen LogP contribution in [0.3, 0.4) is 0 Å². The number of alkyl halides is 6. The quantitative estimate of drug-likeness (QED) is 0.0284. The number of nitrogens with zero attached hydrogens (tertiary/aromatic N) is 7. The number of anilines is 1. The van der Waals surface area contributed by atoms with Crippen molar-refractivity contribution in [1.29, 1.82) is 0 Å². The average molecular weight is 1400 g/mol. The van der Waals surface area contributed by atoms with Crippen molar-refractivity contribution in [2.45, 2.75) is 133 Å². The van der Waals surface area contributed by atoms with Gasteiger partial charge in [-0.3, -0.25) is 14.4 Å². The number of hydrogen-bond donors (Lipinski definition) is 2. The van der Waals surface area contributed by atoms with Gasteiger partial charge in [0.15, 0.2) is 11.6 Å². The monoisotopic (exact) mass is 1390 g/mol. The Balaban J connectivity index is 0.000000391. The number of rotatable bonds is 18. The molecule has 20 nitrogen and oxygen atoms in total. The molecule has 32 heteroatoms. The standard InChI is InChI=1S/C28H32F3N5O4S.C21H18ClF3N4O4S.C8H16.CH2O3.ClH.2K.H/c1-19-17-26(2,3)35(18-19)24-21(25(37)34-41(38,39)20-7-5-4-6-8-20)9-10-22(32-24)36-15-11-23(33-36)40-16-14-27(12-13-27)28(29,30)31;22-18-15(19(30)28-34(31,32)14-4-2-1-3-5-14)6-7-16(26-18)29-12-8-17(27-29)33-13-11-20(9-10-20)21(23,24)25;1-7-4-5-8(2,3)6-7;2-1-4-3;;;;/h4-11,15,19H,12-14,16-18H2,1-3H3,(H,34,37);1-8,12H,9-11,13H2,(H,28,30);7H,4-6H2,1-3H3;1,3H;1H;;;/q;;;;;2*+1;-1/p-1/t19-;;7-;;;;;/m0.1...../s1. The minimum atomic E-state index is -4.25. The Morgan fingerprint density at radius 1 is 0.667 bits per heavy atom. The van der Waals surface area contributed by atoms with Crippen molar-refractivity contribution in [2.24, 2.45) is 28.1 Å². The van der Waals surface area contributed by atoms with E-state index >= 15 is 0 Å². The first-order valence-corrected chi connectivity index (χ1v) is 31.0. The zero-order valence-electron chi connectivity index (χ0n) is 51.8. The minimum Gasteiger partial charge on any atom is -1.00 e. The fraction of sp³-hybridized carbons (Fsp3) is 0.466. The Bertz CT molecular complexity index is 3610. The van der Waals surface area contributed by atoms with Gasteiger partial charge in [0.25, 0.3) is 38.3 Å². The third-order valence-electron chi connectivity index (χ3n) is 15.5. The van der Waals surface area contributed by atoms with Gasteiger partial charge in [-0.25, -0.2) is 45.6 Å². The van der Waals surface area contributed by atoms with Crippen LogP contribution in [-0.4, -0.2) is 102 Å². The number of amides is 2. The van der Waals surface area contributed by atoms with E-state index in [1.165, 1.54) is 108 Å². The van der Waals surface area contributed by atoms with Crippen molar-refractivity contribution in [3.63, 3.8) is 0 Å². The third kappa shape index (κ3) is 20.9. The van der Waals surface area contributed by atoms with E-state index in [1.54, 1.807) is 30.5 Å². The zero-order valence-corrected chi connectivity index (χ0v) is 60.3. The Morgan fingerprint density at radius 3 is 1.43 bits per heavy atom. The Kier molecular flexibility index (Phi) is 28.5. The molecule has 90 heavy (non-hydrogen) atoms. The minimum absolute atomic E-state index is 0. The third-order valence-corrected chi connectivity index (χ3v) is 18.5. The summed E-state index contributed by atoms with van der Waals surface area (Å²) in [5.74, 6) is 0.594. The van der Waals surface area contributed by atoms with Crippen LogP contribution in [-0.2, 0) is 29.7 Å². The number of carbonyl (C=O) groups excluding carboxylic acids is 3. The molecule has 482 valence electrons. The van der Waals surface area contributed by atoms with Gasteiger partial charge >= 0.3 is 115 Å². The van der Waals surface area contributed by atoms with Crippen molar-refractivity contribution in [3.8, 4) is 23.4 Å². The molecular weight excluding hydrogens is 1330 g/mol. The number of sulfonamides is 2. The van der Waals surface area contributed by atoms with Crippen LogP contribution >= 0.6 is 24.0 Å². The first-order chi connectivity index (χ1) is 40.7. The smallest absolute Gasteiger partial charge is 1.00 e. The fourth-order valence-corrected chi connectivity index (χ4v) is 12.7. The van der Waals surface area contributed by atoms with Gasteiger partial charge < -0.3 is 25.9 Å². The number of halogens is 8. The SMILES string of the molecule is C[C@@H]1CCC(C)(C)C1.C[C@@H]1CN(c2nc(-n3ccc(OCCC4(C(F)(F)F)CC4)n3)ccc2C(=O)NS(=O)(=O)c2ccccc2)C(C)(C)C1.Cl.O=C(NS(=O)(=O)c1ccccc1)c1ccc(-n2ccc(OCCC3(C(F)(F)F)CC3)n2)nc1Cl.O=CO[O-].[H-].[K+].[K+]. The number of hydrogen-bond acceptors (Lipinski definition) is 16. The Morgan fingerprint density at radius 2 is 1.09 bits per heavy atom. The first-order valence-electron chi connectivity index (χ1n) is 27.7. The molecule has 10 rings (SSSR count). The van der Waals surface area contributed by atoms with Crippen molar-refractivity contribution in [2.75, 3.05) is 24.7 Å². The van der Waals surface area contributed by atoms with E-state index in [0.29, 0.717) is 29.5 Å². The maximum absolute atomic E-state index is 13.4. The van der Waals surface area contributed by atoms with E-state index in [9.17, 15) is 52.8 Å². The van der Waals surface area contributed by atoms with E-state index in [1.807, 2.05) is 23.5 Å². The molecule has 0 bridgehead atoms. The van der Waals surface area contributed by atoms with Gasteiger partial charge in [-0.2, -0.15) is 26.3 Å².